The Hall–Kier alpha value is -3.92. The average molecular weight is 512 g/mol. The van der Waals surface area contributed by atoms with Crippen molar-refractivity contribution in [1.29, 1.82) is 0 Å². The Balaban J connectivity index is 1.55. The number of nitrogens with one attached hydrogen (secondary N) is 2. The number of thiocarbonyl (C=S) groups is 1. The van der Waals surface area contributed by atoms with Crippen molar-refractivity contribution in [2.75, 3.05) is 33.9 Å². The van der Waals surface area contributed by atoms with Crippen molar-refractivity contribution in [2.24, 2.45) is 0 Å². The highest BCUT2D eigenvalue weighted by atomic mass is 32.1. The first-order chi connectivity index (χ1) is 17.4. The lowest BCUT2D eigenvalue weighted by Crippen LogP contribution is -2.60. The second-order valence-electron chi connectivity index (χ2n) is 7.90. The molecule has 2 amide bonds. The molecule has 36 heavy (non-hydrogen) atoms. The summed E-state index contributed by atoms with van der Waals surface area (Å²) in [6.07, 6.45) is 3.32. The molecule has 10 heteroatoms. The predicted molar refractivity (Wildman–Crippen MR) is 139 cm³/mol. The first-order valence-electron chi connectivity index (χ1n) is 11.4. The van der Waals surface area contributed by atoms with Crippen LogP contribution in [0.1, 0.15) is 17.5 Å². The number of hydrogen-bond acceptors (Lipinski definition) is 7. The number of ether oxygens (including phenoxy) is 3. The highest BCUT2D eigenvalue weighted by Gasteiger charge is 2.34. The molecule has 1 aliphatic heterocycles. The van der Waals surface area contributed by atoms with Gasteiger partial charge in [0.2, 0.25) is 11.8 Å². The molecular weight excluding hydrogens is 482 g/mol. The summed E-state index contributed by atoms with van der Waals surface area (Å²) in [5.74, 6) is -0.217. The van der Waals surface area contributed by atoms with Crippen LogP contribution in [-0.2, 0) is 25.5 Å². The van der Waals surface area contributed by atoms with Crippen LogP contribution in [0.25, 0.3) is 6.08 Å². The first kappa shape index (κ1) is 26.7. The minimum Gasteiger partial charge on any atom is -0.493 e. The highest BCUT2D eigenvalue weighted by Crippen LogP contribution is 2.27. The largest absolute Gasteiger partial charge is 0.493 e. The van der Waals surface area contributed by atoms with E-state index in [9.17, 15) is 14.4 Å². The second-order valence-corrected chi connectivity index (χ2v) is 8.29. The summed E-state index contributed by atoms with van der Waals surface area (Å²) >= 11 is 5.38. The topological polar surface area (TPSA) is 106 Å². The summed E-state index contributed by atoms with van der Waals surface area (Å²) in [4.78, 5) is 38.9. The monoisotopic (exact) mass is 511 g/mol. The lowest BCUT2D eigenvalue weighted by molar-refractivity contribution is -0.147. The van der Waals surface area contributed by atoms with Gasteiger partial charge in [-0.25, -0.2) is 0 Å². The molecule has 2 aromatic carbocycles. The minimum atomic E-state index is -0.870. The van der Waals surface area contributed by atoms with E-state index >= 15 is 0 Å². The number of hydrogen-bond donors (Lipinski definition) is 2. The molecule has 3 rings (SSSR count). The Morgan fingerprint density at radius 1 is 1.14 bits per heavy atom. The van der Waals surface area contributed by atoms with E-state index in [0.717, 1.165) is 11.1 Å². The molecule has 0 spiro atoms. The van der Waals surface area contributed by atoms with Crippen LogP contribution in [0.5, 0.6) is 11.5 Å². The third-order valence-electron chi connectivity index (χ3n) is 5.51. The molecule has 9 nitrogen and oxygen atoms in total. The van der Waals surface area contributed by atoms with E-state index in [1.54, 1.807) is 31.4 Å². The summed E-state index contributed by atoms with van der Waals surface area (Å²) in [6, 6.07) is 14.0. The fourth-order valence-electron chi connectivity index (χ4n) is 3.65. The number of nitrogens with zero attached hydrogens (tertiary/aromatic N) is 1. The van der Waals surface area contributed by atoms with Crippen molar-refractivity contribution >= 4 is 41.2 Å². The van der Waals surface area contributed by atoms with Crippen molar-refractivity contribution in [3.05, 3.63) is 65.7 Å². The van der Waals surface area contributed by atoms with Gasteiger partial charge in [0.1, 0.15) is 6.04 Å². The number of rotatable bonds is 9. The first-order valence-corrected chi connectivity index (χ1v) is 11.8. The lowest BCUT2D eigenvalue weighted by atomic mass is 10.1. The Labute approximate surface area is 215 Å². The highest BCUT2D eigenvalue weighted by molar-refractivity contribution is 7.80. The van der Waals surface area contributed by atoms with Gasteiger partial charge in [0.15, 0.2) is 16.6 Å². The molecule has 0 aliphatic carbocycles. The van der Waals surface area contributed by atoms with Crippen LogP contribution in [0.4, 0.5) is 0 Å². The molecule has 0 saturated carbocycles. The van der Waals surface area contributed by atoms with Gasteiger partial charge in [-0.1, -0.05) is 36.4 Å². The van der Waals surface area contributed by atoms with Crippen LogP contribution in [0.15, 0.2) is 54.6 Å². The smallest absolute Gasteiger partial charge is 0.308 e. The van der Waals surface area contributed by atoms with Gasteiger partial charge in [0.05, 0.1) is 27.2 Å². The standard InChI is InChI=1S/C26H29N3O6S/c1-33-21-10-8-19(16-22(21)34-2)9-11-23(30)28-26(36)29-14-13-27-25(32)20(29)17-24(31)35-15-12-18-6-4-3-5-7-18/h3-11,16,20H,12-15,17H2,1-2H3,(H,27,32)(H,28,30,36). The Morgan fingerprint density at radius 2 is 1.89 bits per heavy atom. The Morgan fingerprint density at radius 3 is 2.61 bits per heavy atom. The van der Waals surface area contributed by atoms with E-state index in [-0.39, 0.29) is 24.0 Å². The van der Waals surface area contributed by atoms with Gasteiger partial charge in [-0.15, -0.1) is 0 Å². The molecular formula is C26H29N3O6S. The van der Waals surface area contributed by atoms with E-state index in [4.69, 9.17) is 26.4 Å². The summed E-state index contributed by atoms with van der Waals surface area (Å²) in [5.41, 5.74) is 1.77. The summed E-state index contributed by atoms with van der Waals surface area (Å²) in [7, 11) is 3.07. The summed E-state index contributed by atoms with van der Waals surface area (Å²) in [6.45, 7) is 0.904. The van der Waals surface area contributed by atoms with Gasteiger partial charge in [-0.3, -0.25) is 19.7 Å². The molecule has 1 unspecified atom stereocenters. The third kappa shape index (κ3) is 7.54. The molecule has 190 valence electrons. The SMILES string of the molecule is COc1ccc(C=CC(=O)NC(=S)N2CCNC(=O)C2CC(=O)OCCc2ccccc2)cc1OC. The Bertz CT molecular complexity index is 1120. The lowest BCUT2D eigenvalue weighted by Gasteiger charge is -2.36. The van der Waals surface area contributed by atoms with Gasteiger partial charge in [0.25, 0.3) is 0 Å². The zero-order valence-electron chi connectivity index (χ0n) is 20.2. The van der Waals surface area contributed by atoms with Crippen molar-refractivity contribution < 1.29 is 28.6 Å². The van der Waals surface area contributed by atoms with E-state index in [1.165, 1.54) is 18.1 Å². The van der Waals surface area contributed by atoms with E-state index in [2.05, 4.69) is 10.6 Å². The summed E-state index contributed by atoms with van der Waals surface area (Å²) in [5, 5.41) is 5.39. The number of benzene rings is 2. The quantitative estimate of drug-likeness (QED) is 0.300. The van der Waals surface area contributed by atoms with Gasteiger partial charge in [0, 0.05) is 25.6 Å². The van der Waals surface area contributed by atoms with Crippen LogP contribution in [-0.4, -0.2) is 67.8 Å². The van der Waals surface area contributed by atoms with Crippen LogP contribution in [0.3, 0.4) is 0 Å². The number of carbonyl (C=O) groups excluding carboxylic acids is 3. The predicted octanol–water partition coefficient (Wildman–Crippen LogP) is 2.09. The fourth-order valence-corrected chi connectivity index (χ4v) is 3.97. The second kappa shape index (κ2) is 13.2. The maximum atomic E-state index is 12.5. The van der Waals surface area contributed by atoms with E-state index < -0.39 is 17.9 Å². The molecule has 1 aliphatic rings. The van der Waals surface area contributed by atoms with Gasteiger partial charge in [-0.05, 0) is 41.6 Å². The van der Waals surface area contributed by atoms with Crippen LogP contribution in [0, 0.1) is 0 Å². The molecule has 0 bridgehead atoms. The van der Waals surface area contributed by atoms with E-state index in [0.29, 0.717) is 31.0 Å². The van der Waals surface area contributed by atoms with Crippen LogP contribution >= 0.6 is 12.2 Å². The summed E-state index contributed by atoms with van der Waals surface area (Å²) < 4.78 is 15.8. The zero-order chi connectivity index (χ0) is 25.9. The van der Waals surface area contributed by atoms with Crippen molar-refractivity contribution in [3.63, 3.8) is 0 Å². The van der Waals surface area contributed by atoms with Crippen LogP contribution in [0.2, 0.25) is 0 Å². The van der Waals surface area contributed by atoms with Crippen molar-refractivity contribution in [2.45, 2.75) is 18.9 Å². The van der Waals surface area contributed by atoms with Crippen LogP contribution < -0.4 is 20.1 Å². The Kier molecular flexibility index (Phi) is 9.82. The maximum Gasteiger partial charge on any atom is 0.308 e. The zero-order valence-corrected chi connectivity index (χ0v) is 21.0. The molecule has 2 N–H and O–H groups in total. The number of piperazine rings is 1. The molecule has 1 saturated heterocycles. The minimum absolute atomic E-state index is 0.0638. The molecule has 1 fully saturated rings. The van der Waals surface area contributed by atoms with Gasteiger partial charge in [-0.2, -0.15) is 0 Å². The normalized spacial score (nSPS) is 15.2. The van der Waals surface area contributed by atoms with Crippen molar-refractivity contribution in [1.82, 2.24) is 15.5 Å². The van der Waals surface area contributed by atoms with Gasteiger partial charge < -0.3 is 24.4 Å². The van der Waals surface area contributed by atoms with Crippen molar-refractivity contribution in [3.8, 4) is 11.5 Å². The van der Waals surface area contributed by atoms with Gasteiger partial charge >= 0.3 is 5.97 Å². The molecule has 2 aromatic rings. The molecule has 1 atom stereocenters. The number of carbonyl (C=O) groups is 3. The number of esters is 1. The maximum absolute atomic E-state index is 12.5. The third-order valence-corrected chi connectivity index (χ3v) is 5.85. The molecule has 1 heterocycles. The van der Waals surface area contributed by atoms with E-state index in [1.807, 2.05) is 30.3 Å². The molecule has 0 radical (unpaired) electrons. The number of amides is 2. The average Bonchev–Trinajstić information content (AvgIpc) is 2.89. The number of methoxy groups -OCH3 is 2. The fraction of sp³-hybridized carbons (Fsp3) is 0.308. The molecule has 0 aromatic heterocycles.